The molecule has 2 heteroatoms. The summed E-state index contributed by atoms with van der Waals surface area (Å²) in [5, 5.41) is 0. The zero-order chi connectivity index (χ0) is 13.2. The van der Waals surface area contributed by atoms with Crippen LogP contribution in [0.25, 0.3) is 0 Å². The molecule has 2 aliphatic rings. The van der Waals surface area contributed by atoms with Crippen LogP contribution in [-0.4, -0.2) is 18.9 Å². The van der Waals surface area contributed by atoms with E-state index in [1.165, 1.54) is 50.9 Å². The molecule has 2 nitrogen and oxygen atoms in total. The normalized spacial score (nSPS) is 26.9. The predicted molar refractivity (Wildman–Crippen MR) is 78.7 cm³/mol. The average Bonchev–Trinajstić information content (AvgIpc) is 2.47. The second kappa shape index (κ2) is 5.36. The minimum Gasteiger partial charge on any atom is -0.371 e. The number of hydrogen-bond acceptors (Lipinski definition) is 2. The molecule has 1 aliphatic heterocycles. The van der Waals surface area contributed by atoms with Crippen molar-refractivity contribution in [2.24, 2.45) is 11.8 Å². The van der Waals surface area contributed by atoms with Crippen LogP contribution in [0.5, 0.6) is 0 Å². The van der Waals surface area contributed by atoms with Gasteiger partial charge in [0, 0.05) is 24.3 Å². The van der Waals surface area contributed by atoms with Gasteiger partial charge in [-0.2, -0.15) is 0 Å². The molecule has 0 aromatic heterocycles. The van der Waals surface area contributed by atoms with Crippen LogP contribution in [0, 0.1) is 11.8 Å². The van der Waals surface area contributed by atoms with Gasteiger partial charge in [-0.3, -0.25) is 4.79 Å². The maximum atomic E-state index is 11.3. The molecule has 102 valence electrons. The molecule has 0 radical (unpaired) electrons. The molecule has 0 N–H and O–H groups in total. The molecular formula is C17H23NO. The van der Waals surface area contributed by atoms with Crippen molar-refractivity contribution >= 4 is 11.5 Å². The molecule has 1 aromatic rings. The average molecular weight is 257 g/mol. The highest BCUT2D eigenvalue weighted by Crippen LogP contribution is 2.37. The predicted octanol–water partition coefficient (Wildman–Crippen LogP) is 3.91. The van der Waals surface area contributed by atoms with Gasteiger partial charge in [0.25, 0.3) is 0 Å². The molecule has 0 bridgehead atoms. The van der Waals surface area contributed by atoms with E-state index in [2.05, 4.69) is 17.0 Å². The van der Waals surface area contributed by atoms with Crippen LogP contribution in [-0.2, 0) is 0 Å². The van der Waals surface area contributed by atoms with Gasteiger partial charge in [0.05, 0.1) is 0 Å². The Labute approximate surface area is 115 Å². The van der Waals surface area contributed by atoms with Gasteiger partial charge in [0.15, 0.2) is 5.78 Å². The fourth-order valence-electron chi connectivity index (χ4n) is 3.74. The minimum atomic E-state index is 0.150. The van der Waals surface area contributed by atoms with Crippen LogP contribution < -0.4 is 4.90 Å². The fraction of sp³-hybridized carbons (Fsp3) is 0.588. The number of rotatable bonds is 2. The lowest BCUT2D eigenvalue weighted by atomic mass is 9.75. The monoisotopic (exact) mass is 257 g/mol. The summed E-state index contributed by atoms with van der Waals surface area (Å²) in [5.74, 6) is 2.02. The van der Waals surface area contributed by atoms with Gasteiger partial charge in [0.2, 0.25) is 0 Å². The quantitative estimate of drug-likeness (QED) is 0.749. The van der Waals surface area contributed by atoms with E-state index in [1.807, 2.05) is 12.1 Å². The van der Waals surface area contributed by atoms with Crippen LogP contribution in [0.2, 0.25) is 0 Å². The SMILES string of the molecule is CC(=O)c1ccc(N2CCC3CCCCC3C2)cc1. The summed E-state index contributed by atoms with van der Waals surface area (Å²) in [7, 11) is 0. The van der Waals surface area contributed by atoms with E-state index in [0.717, 1.165) is 17.4 Å². The fourth-order valence-corrected chi connectivity index (χ4v) is 3.74. The smallest absolute Gasteiger partial charge is 0.159 e. The number of fused-ring (bicyclic) bond motifs is 1. The molecular weight excluding hydrogens is 234 g/mol. The second-order valence-corrected chi connectivity index (χ2v) is 6.14. The van der Waals surface area contributed by atoms with Gasteiger partial charge in [0.1, 0.15) is 0 Å². The highest BCUT2D eigenvalue weighted by atomic mass is 16.1. The van der Waals surface area contributed by atoms with Gasteiger partial charge in [-0.25, -0.2) is 0 Å². The van der Waals surface area contributed by atoms with E-state index in [1.54, 1.807) is 6.92 Å². The van der Waals surface area contributed by atoms with Gasteiger partial charge in [-0.05, 0) is 55.9 Å². The van der Waals surface area contributed by atoms with Gasteiger partial charge >= 0.3 is 0 Å². The molecule has 2 unspecified atom stereocenters. The summed E-state index contributed by atoms with van der Waals surface area (Å²) >= 11 is 0. The minimum absolute atomic E-state index is 0.150. The van der Waals surface area contributed by atoms with Gasteiger partial charge in [-0.15, -0.1) is 0 Å². The van der Waals surface area contributed by atoms with Crippen molar-refractivity contribution in [2.45, 2.75) is 39.0 Å². The largest absolute Gasteiger partial charge is 0.371 e. The number of carbonyl (C=O) groups is 1. The topological polar surface area (TPSA) is 20.3 Å². The number of hydrogen-bond donors (Lipinski definition) is 0. The lowest BCUT2D eigenvalue weighted by Gasteiger charge is -2.42. The number of nitrogens with zero attached hydrogens (tertiary/aromatic N) is 1. The van der Waals surface area contributed by atoms with E-state index in [9.17, 15) is 4.79 Å². The maximum Gasteiger partial charge on any atom is 0.159 e. The first-order valence-corrected chi connectivity index (χ1v) is 7.60. The summed E-state index contributed by atoms with van der Waals surface area (Å²) in [6.07, 6.45) is 7.06. The van der Waals surface area contributed by atoms with E-state index in [4.69, 9.17) is 0 Å². The number of benzene rings is 1. The first-order valence-electron chi connectivity index (χ1n) is 7.60. The lowest BCUT2D eigenvalue weighted by Crippen LogP contribution is -2.41. The Hall–Kier alpha value is -1.31. The number of Topliss-reactive ketones (excluding diaryl/α,β-unsaturated/α-hetero) is 1. The Morgan fingerprint density at radius 2 is 1.74 bits per heavy atom. The molecule has 2 fully saturated rings. The molecule has 1 saturated heterocycles. The van der Waals surface area contributed by atoms with Crippen LogP contribution in [0.3, 0.4) is 0 Å². The molecule has 3 rings (SSSR count). The lowest BCUT2D eigenvalue weighted by molar-refractivity contribution is 0.101. The molecule has 2 atom stereocenters. The van der Waals surface area contributed by atoms with Crippen molar-refractivity contribution in [1.29, 1.82) is 0 Å². The Kier molecular flexibility index (Phi) is 3.58. The van der Waals surface area contributed by atoms with Crippen molar-refractivity contribution in [3.63, 3.8) is 0 Å². The molecule has 0 spiro atoms. The first-order chi connectivity index (χ1) is 9.24. The summed E-state index contributed by atoms with van der Waals surface area (Å²) in [4.78, 5) is 13.8. The molecule has 19 heavy (non-hydrogen) atoms. The Morgan fingerprint density at radius 3 is 2.42 bits per heavy atom. The zero-order valence-corrected chi connectivity index (χ0v) is 11.8. The number of carbonyl (C=O) groups excluding carboxylic acids is 1. The summed E-state index contributed by atoms with van der Waals surface area (Å²) in [5.41, 5.74) is 2.10. The van der Waals surface area contributed by atoms with Gasteiger partial charge in [-0.1, -0.05) is 19.3 Å². The van der Waals surface area contributed by atoms with Crippen LogP contribution in [0.1, 0.15) is 49.4 Å². The number of ketones is 1. The maximum absolute atomic E-state index is 11.3. The highest BCUT2D eigenvalue weighted by Gasteiger charge is 2.31. The Bertz CT molecular complexity index is 451. The van der Waals surface area contributed by atoms with Crippen molar-refractivity contribution in [3.05, 3.63) is 29.8 Å². The van der Waals surface area contributed by atoms with Crippen LogP contribution >= 0.6 is 0 Å². The number of piperidine rings is 1. The summed E-state index contributed by atoms with van der Waals surface area (Å²) in [6.45, 7) is 4.02. The summed E-state index contributed by atoms with van der Waals surface area (Å²) in [6, 6.07) is 8.15. The van der Waals surface area contributed by atoms with Crippen molar-refractivity contribution in [3.8, 4) is 0 Å². The summed E-state index contributed by atoms with van der Waals surface area (Å²) < 4.78 is 0. The molecule has 1 heterocycles. The molecule has 0 amide bonds. The third-order valence-electron chi connectivity index (χ3n) is 4.93. The van der Waals surface area contributed by atoms with E-state index < -0.39 is 0 Å². The van der Waals surface area contributed by atoms with E-state index in [0.29, 0.717) is 0 Å². The first kappa shape index (κ1) is 12.7. The van der Waals surface area contributed by atoms with Gasteiger partial charge < -0.3 is 4.90 Å². The Balaban J connectivity index is 1.70. The third kappa shape index (κ3) is 2.68. The Morgan fingerprint density at radius 1 is 1.05 bits per heavy atom. The third-order valence-corrected chi connectivity index (χ3v) is 4.93. The number of anilines is 1. The van der Waals surface area contributed by atoms with Crippen molar-refractivity contribution < 1.29 is 4.79 Å². The molecule has 1 aromatic carbocycles. The van der Waals surface area contributed by atoms with Crippen molar-refractivity contribution in [2.75, 3.05) is 18.0 Å². The van der Waals surface area contributed by atoms with Crippen LogP contribution in [0.4, 0.5) is 5.69 Å². The highest BCUT2D eigenvalue weighted by molar-refractivity contribution is 5.94. The zero-order valence-electron chi connectivity index (χ0n) is 11.8. The van der Waals surface area contributed by atoms with E-state index in [-0.39, 0.29) is 5.78 Å². The standard InChI is InChI=1S/C17H23NO/c1-13(19)14-6-8-17(9-7-14)18-11-10-15-4-2-3-5-16(15)12-18/h6-9,15-16H,2-5,10-12H2,1H3. The van der Waals surface area contributed by atoms with Crippen molar-refractivity contribution in [1.82, 2.24) is 0 Å². The molecule has 1 aliphatic carbocycles. The van der Waals surface area contributed by atoms with Crippen LogP contribution in [0.15, 0.2) is 24.3 Å². The molecule has 1 saturated carbocycles. The van der Waals surface area contributed by atoms with E-state index >= 15 is 0 Å². The second-order valence-electron chi connectivity index (χ2n) is 6.14.